The van der Waals surface area contributed by atoms with E-state index in [2.05, 4.69) is 47.2 Å². The number of methoxy groups -OCH3 is 1. The van der Waals surface area contributed by atoms with E-state index < -0.39 is 0 Å². The maximum absolute atomic E-state index is 5.81. The summed E-state index contributed by atoms with van der Waals surface area (Å²) >= 11 is 3.61. The Labute approximate surface area is 130 Å². The van der Waals surface area contributed by atoms with Gasteiger partial charge in [-0.2, -0.15) is 0 Å². The van der Waals surface area contributed by atoms with Gasteiger partial charge in [0.1, 0.15) is 5.75 Å². The predicted octanol–water partition coefficient (Wildman–Crippen LogP) is 3.19. The first-order valence-corrected chi connectivity index (χ1v) is 7.95. The fourth-order valence-corrected chi connectivity index (χ4v) is 3.21. The van der Waals surface area contributed by atoms with Gasteiger partial charge < -0.3 is 14.8 Å². The third-order valence-corrected chi connectivity index (χ3v) is 4.04. The lowest BCUT2D eigenvalue weighted by Crippen LogP contribution is -2.33. The van der Waals surface area contributed by atoms with Crippen molar-refractivity contribution < 1.29 is 9.47 Å². The number of benzene rings is 1. The van der Waals surface area contributed by atoms with Gasteiger partial charge in [-0.1, -0.05) is 29.8 Å². The first-order chi connectivity index (χ1) is 9.52. The summed E-state index contributed by atoms with van der Waals surface area (Å²) in [6.45, 7) is 8.01. The van der Waals surface area contributed by atoms with Gasteiger partial charge in [0.05, 0.1) is 13.2 Å². The van der Waals surface area contributed by atoms with Crippen LogP contribution in [0.1, 0.15) is 25.0 Å². The van der Waals surface area contributed by atoms with E-state index in [-0.39, 0.29) is 5.41 Å². The highest BCUT2D eigenvalue weighted by atomic mass is 79.9. The molecule has 0 saturated heterocycles. The lowest BCUT2D eigenvalue weighted by molar-refractivity contribution is 0.193. The molecule has 0 radical (unpaired) electrons. The average molecular weight is 342 g/mol. The number of fused-ring (bicyclic) bond motifs is 1. The molecule has 1 aromatic rings. The molecule has 0 amide bonds. The summed E-state index contributed by atoms with van der Waals surface area (Å²) in [5.74, 6) is 1.11. The molecule has 3 nitrogen and oxygen atoms in total. The van der Waals surface area contributed by atoms with E-state index in [0.717, 1.165) is 49.4 Å². The van der Waals surface area contributed by atoms with Gasteiger partial charge >= 0.3 is 0 Å². The molecular weight excluding hydrogens is 318 g/mol. The van der Waals surface area contributed by atoms with Gasteiger partial charge in [-0.25, -0.2) is 0 Å². The molecule has 0 spiro atoms. The van der Waals surface area contributed by atoms with Crippen LogP contribution in [-0.2, 0) is 17.6 Å². The van der Waals surface area contributed by atoms with Crippen LogP contribution in [0.3, 0.4) is 0 Å². The van der Waals surface area contributed by atoms with Gasteiger partial charge in [-0.05, 0) is 35.1 Å². The quantitative estimate of drug-likeness (QED) is 0.772. The molecule has 0 aromatic heterocycles. The van der Waals surface area contributed by atoms with Crippen molar-refractivity contribution in [1.29, 1.82) is 0 Å². The predicted molar refractivity (Wildman–Crippen MR) is 85.6 cm³/mol. The lowest BCUT2D eigenvalue weighted by Gasteiger charge is -2.26. The monoisotopic (exact) mass is 341 g/mol. The Morgan fingerprint density at radius 2 is 2.20 bits per heavy atom. The fraction of sp³-hybridized carbons (Fsp3) is 0.625. The van der Waals surface area contributed by atoms with E-state index in [1.165, 1.54) is 11.1 Å². The summed E-state index contributed by atoms with van der Waals surface area (Å²) in [5, 5.41) is 3.45. The Morgan fingerprint density at radius 1 is 1.40 bits per heavy atom. The summed E-state index contributed by atoms with van der Waals surface area (Å²) in [4.78, 5) is 0. The van der Waals surface area contributed by atoms with E-state index in [9.17, 15) is 0 Å². The second-order valence-electron chi connectivity index (χ2n) is 6.16. The molecule has 0 atom stereocenters. The van der Waals surface area contributed by atoms with Crippen molar-refractivity contribution in [2.75, 3.05) is 33.4 Å². The normalized spacial score (nSPS) is 14.2. The number of ether oxygens (including phenoxy) is 2. The molecule has 1 heterocycles. The Kier molecular flexibility index (Phi) is 5.47. The summed E-state index contributed by atoms with van der Waals surface area (Å²) in [7, 11) is 1.73. The number of rotatable bonds is 7. The van der Waals surface area contributed by atoms with Gasteiger partial charge in [-0.3, -0.25) is 0 Å². The van der Waals surface area contributed by atoms with Gasteiger partial charge in [0.15, 0.2) is 0 Å². The van der Waals surface area contributed by atoms with Crippen molar-refractivity contribution in [3.63, 3.8) is 0 Å². The van der Waals surface area contributed by atoms with Crippen LogP contribution in [0, 0.1) is 5.41 Å². The maximum atomic E-state index is 5.81. The van der Waals surface area contributed by atoms with Crippen molar-refractivity contribution in [2.45, 2.75) is 26.7 Å². The van der Waals surface area contributed by atoms with Crippen LogP contribution in [0.15, 0.2) is 16.6 Å². The van der Waals surface area contributed by atoms with Crippen LogP contribution in [0.5, 0.6) is 5.75 Å². The third-order valence-electron chi connectivity index (χ3n) is 3.58. The molecule has 0 saturated carbocycles. The van der Waals surface area contributed by atoms with Crippen LogP contribution in [-0.4, -0.2) is 33.4 Å². The Balaban J connectivity index is 2.02. The molecule has 1 aliphatic rings. The van der Waals surface area contributed by atoms with Crippen LogP contribution in [0.4, 0.5) is 0 Å². The zero-order valence-electron chi connectivity index (χ0n) is 12.6. The smallest absolute Gasteiger partial charge is 0.125 e. The SMILES string of the molecule is COCCNCC(C)(C)Cc1cc(Br)cc2c1OCC2. The Morgan fingerprint density at radius 3 is 2.95 bits per heavy atom. The molecule has 1 aliphatic heterocycles. The first-order valence-electron chi connectivity index (χ1n) is 7.15. The van der Waals surface area contributed by atoms with Crippen molar-refractivity contribution in [1.82, 2.24) is 5.32 Å². The molecular formula is C16H24BrNO2. The van der Waals surface area contributed by atoms with Gasteiger partial charge in [0.2, 0.25) is 0 Å². The van der Waals surface area contributed by atoms with Crippen LogP contribution in [0.25, 0.3) is 0 Å². The maximum Gasteiger partial charge on any atom is 0.125 e. The molecule has 0 aliphatic carbocycles. The van der Waals surface area contributed by atoms with Crippen molar-refractivity contribution in [2.24, 2.45) is 5.41 Å². The highest BCUT2D eigenvalue weighted by Gasteiger charge is 2.24. The van der Waals surface area contributed by atoms with Gasteiger partial charge in [-0.15, -0.1) is 0 Å². The molecule has 112 valence electrons. The zero-order valence-corrected chi connectivity index (χ0v) is 14.2. The van der Waals surface area contributed by atoms with Crippen molar-refractivity contribution in [3.05, 3.63) is 27.7 Å². The number of nitrogens with one attached hydrogen (secondary N) is 1. The van der Waals surface area contributed by atoms with Gasteiger partial charge in [0.25, 0.3) is 0 Å². The Bertz CT molecular complexity index is 460. The average Bonchev–Trinajstić information content (AvgIpc) is 2.82. The molecule has 1 N–H and O–H groups in total. The number of hydrogen-bond acceptors (Lipinski definition) is 3. The van der Waals surface area contributed by atoms with Crippen LogP contribution < -0.4 is 10.1 Å². The largest absolute Gasteiger partial charge is 0.493 e. The second-order valence-corrected chi connectivity index (χ2v) is 7.08. The molecule has 0 bridgehead atoms. The molecule has 2 rings (SSSR count). The standard InChI is InChI=1S/C16H24BrNO2/c1-16(2,11-18-5-7-19-3)10-13-9-14(17)8-12-4-6-20-15(12)13/h8-9,18H,4-7,10-11H2,1-3H3. The molecule has 0 fully saturated rings. The number of halogens is 1. The minimum absolute atomic E-state index is 0.189. The summed E-state index contributed by atoms with van der Waals surface area (Å²) in [5.41, 5.74) is 2.83. The zero-order chi connectivity index (χ0) is 14.6. The molecule has 1 aromatic carbocycles. The van der Waals surface area contributed by atoms with E-state index in [4.69, 9.17) is 9.47 Å². The summed E-state index contributed by atoms with van der Waals surface area (Å²) in [6.07, 6.45) is 2.03. The van der Waals surface area contributed by atoms with E-state index in [0.29, 0.717) is 0 Å². The first kappa shape index (κ1) is 15.8. The highest BCUT2D eigenvalue weighted by Crippen LogP contribution is 2.36. The topological polar surface area (TPSA) is 30.5 Å². The highest BCUT2D eigenvalue weighted by molar-refractivity contribution is 9.10. The van der Waals surface area contributed by atoms with E-state index in [1.807, 2.05) is 0 Å². The second kappa shape index (κ2) is 6.92. The minimum atomic E-state index is 0.189. The van der Waals surface area contributed by atoms with Crippen molar-refractivity contribution >= 4 is 15.9 Å². The molecule has 0 unspecified atom stereocenters. The van der Waals surface area contributed by atoms with E-state index >= 15 is 0 Å². The lowest BCUT2D eigenvalue weighted by atomic mass is 9.85. The minimum Gasteiger partial charge on any atom is -0.493 e. The van der Waals surface area contributed by atoms with Crippen molar-refractivity contribution in [3.8, 4) is 5.75 Å². The summed E-state index contributed by atoms with van der Waals surface area (Å²) in [6, 6.07) is 4.37. The molecule has 20 heavy (non-hydrogen) atoms. The fourth-order valence-electron chi connectivity index (χ4n) is 2.66. The Hall–Kier alpha value is -0.580. The van der Waals surface area contributed by atoms with Gasteiger partial charge in [0, 0.05) is 31.1 Å². The van der Waals surface area contributed by atoms with Crippen LogP contribution in [0.2, 0.25) is 0 Å². The molecule has 4 heteroatoms. The third kappa shape index (κ3) is 4.21. The van der Waals surface area contributed by atoms with E-state index in [1.54, 1.807) is 7.11 Å². The summed E-state index contributed by atoms with van der Waals surface area (Å²) < 4.78 is 12.0. The van der Waals surface area contributed by atoms with Crippen LogP contribution >= 0.6 is 15.9 Å². The number of hydrogen-bond donors (Lipinski definition) is 1.